The zero-order chi connectivity index (χ0) is 10.8. The van der Waals surface area contributed by atoms with E-state index in [0.29, 0.717) is 15.6 Å². The van der Waals surface area contributed by atoms with E-state index in [0.717, 1.165) is 0 Å². The van der Waals surface area contributed by atoms with Gasteiger partial charge in [0.05, 0.1) is 4.47 Å². The van der Waals surface area contributed by atoms with Gasteiger partial charge in [-0.2, -0.15) is 0 Å². The third-order valence-electron chi connectivity index (χ3n) is 2.08. The minimum atomic E-state index is -0.350. The monoisotopic (exact) mass is 268 g/mol. The van der Waals surface area contributed by atoms with Gasteiger partial charge in [-0.3, -0.25) is 0 Å². The Kier molecular flexibility index (Phi) is 2.82. The molecule has 2 aromatic carbocycles. The van der Waals surface area contributed by atoms with Gasteiger partial charge in [0.2, 0.25) is 0 Å². The summed E-state index contributed by atoms with van der Waals surface area (Å²) >= 11 is 3.07. The summed E-state index contributed by atoms with van der Waals surface area (Å²) in [6.45, 7) is 0. The average molecular weight is 269 g/mol. The number of hydrogen-bond acceptors (Lipinski definition) is 0. The molecule has 76 valence electrons. The molecule has 0 nitrogen and oxygen atoms in total. The zero-order valence-electron chi connectivity index (χ0n) is 7.68. The quantitative estimate of drug-likeness (QED) is 0.720. The van der Waals surface area contributed by atoms with Crippen LogP contribution in [0.15, 0.2) is 46.9 Å². The van der Waals surface area contributed by atoms with E-state index in [1.807, 2.05) is 0 Å². The molecule has 0 aliphatic rings. The third-order valence-corrected chi connectivity index (χ3v) is 2.72. The van der Waals surface area contributed by atoms with Gasteiger partial charge >= 0.3 is 0 Å². The Bertz CT molecular complexity index is 495. The Morgan fingerprint density at radius 2 is 1.60 bits per heavy atom. The van der Waals surface area contributed by atoms with E-state index in [1.165, 1.54) is 18.2 Å². The highest BCUT2D eigenvalue weighted by Crippen LogP contribution is 2.24. The second kappa shape index (κ2) is 4.11. The van der Waals surface area contributed by atoms with Gasteiger partial charge in [0.25, 0.3) is 0 Å². The number of halogens is 3. The summed E-state index contributed by atoms with van der Waals surface area (Å²) in [6, 6.07) is 10.8. The van der Waals surface area contributed by atoms with E-state index in [2.05, 4.69) is 15.9 Å². The summed E-state index contributed by atoms with van der Waals surface area (Å²) in [5.74, 6) is -0.674. The van der Waals surface area contributed by atoms with Gasteiger partial charge in [0, 0.05) is 0 Å². The molecular formula is C12H7BrF2. The van der Waals surface area contributed by atoms with Crippen LogP contribution in [-0.4, -0.2) is 0 Å². The lowest BCUT2D eigenvalue weighted by Gasteiger charge is -2.02. The van der Waals surface area contributed by atoms with E-state index < -0.39 is 0 Å². The molecule has 0 spiro atoms. The predicted molar refractivity (Wildman–Crippen MR) is 59.5 cm³/mol. The van der Waals surface area contributed by atoms with Crippen LogP contribution in [0.3, 0.4) is 0 Å². The van der Waals surface area contributed by atoms with Crippen LogP contribution < -0.4 is 0 Å². The van der Waals surface area contributed by atoms with E-state index >= 15 is 0 Å². The highest BCUT2D eigenvalue weighted by molar-refractivity contribution is 9.10. The summed E-state index contributed by atoms with van der Waals surface area (Å²) in [4.78, 5) is 0. The second-order valence-electron chi connectivity index (χ2n) is 3.14. The molecule has 0 fully saturated rings. The van der Waals surface area contributed by atoms with Crippen LogP contribution in [0.5, 0.6) is 0 Å². The fraction of sp³-hybridized carbons (Fsp3) is 0. The highest BCUT2D eigenvalue weighted by atomic mass is 79.9. The summed E-state index contributed by atoms with van der Waals surface area (Å²) in [5.41, 5.74) is 1.33. The van der Waals surface area contributed by atoms with Crippen LogP contribution in [0.4, 0.5) is 8.78 Å². The number of benzene rings is 2. The Morgan fingerprint density at radius 1 is 0.867 bits per heavy atom. The van der Waals surface area contributed by atoms with Crippen LogP contribution in [0.1, 0.15) is 0 Å². The Hall–Kier alpha value is -1.22. The van der Waals surface area contributed by atoms with Gasteiger partial charge in [-0.1, -0.05) is 18.2 Å². The van der Waals surface area contributed by atoms with E-state index in [4.69, 9.17) is 0 Å². The number of rotatable bonds is 1. The number of hydrogen-bond donors (Lipinski definition) is 0. The maximum atomic E-state index is 13.2. The molecule has 0 aromatic heterocycles. The lowest BCUT2D eigenvalue weighted by Crippen LogP contribution is -1.83. The van der Waals surface area contributed by atoms with Crippen molar-refractivity contribution in [1.29, 1.82) is 0 Å². The van der Waals surface area contributed by atoms with E-state index in [-0.39, 0.29) is 11.6 Å². The molecule has 0 aliphatic carbocycles. The van der Waals surface area contributed by atoms with Gasteiger partial charge in [0.1, 0.15) is 11.6 Å². The van der Waals surface area contributed by atoms with Gasteiger partial charge in [-0.25, -0.2) is 8.78 Å². The molecule has 0 aliphatic heterocycles. The highest BCUT2D eigenvalue weighted by Gasteiger charge is 2.03. The first-order chi connectivity index (χ1) is 7.16. The Balaban J connectivity index is 2.50. The first-order valence-electron chi connectivity index (χ1n) is 4.38. The molecule has 0 bridgehead atoms. The van der Waals surface area contributed by atoms with Crippen LogP contribution in [0.25, 0.3) is 11.1 Å². The SMILES string of the molecule is Fc1cccc(-c2ccc(Br)c(F)c2)c1. The smallest absolute Gasteiger partial charge is 0.137 e. The predicted octanol–water partition coefficient (Wildman–Crippen LogP) is 4.39. The van der Waals surface area contributed by atoms with Crippen molar-refractivity contribution >= 4 is 15.9 Å². The zero-order valence-corrected chi connectivity index (χ0v) is 9.26. The fourth-order valence-corrected chi connectivity index (χ4v) is 1.59. The van der Waals surface area contributed by atoms with Crippen LogP contribution >= 0.6 is 15.9 Å². The van der Waals surface area contributed by atoms with Crippen molar-refractivity contribution in [2.24, 2.45) is 0 Å². The minimum absolute atomic E-state index is 0.323. The van der Waals surface area contributed by atoms with Crippen molar-refractivity contribution in [3.05, 3.63) is 58.6 Å². The first-order valence-corrected chi connectivity index (χ1v) is 5.17. The van der Waals surface area contributed by atoms with Crippen molar-refractivity contribution < 1.29 is 8.78 Å². The normalized spacial score (nSPS) is 10.3. The van der Waals surface area contributed by atoms with Crippen LogP contribution in [0, 0.1) is 11.6 Å². The summed E-state index contributed by atoms with van der Waals surface area (Å²) in [7, 11) is 0. The Morgan fingerprint density at radius 3 is 2.27 bits per heavy atom. The molecule has 0 radical (unpaired) electrons. The first kappa shape index (κ1) is 10.3. The molecule has 15 heavy (non-hydrogen) atoms. The van der Waals surface area contributed by atoms with E-state index in [1.54, 1.807) is 24.3 Å². The van der Waals surface area contributed by atoms with Crippen molar-refractivity contribution in [3.8, 4) is 11.1 Å². The molecule has 0 atom stereocenters. The largest absolute Gasteiger partial charge is 0.207 e. The lowest BCUT2D eigenvalue weighted by atomic mass is 10.1. The average Bonchev–Trinajstić information content (AvgIpc) is 2.22. The topological polar surface area (TPSA) is 0 Å². The van der Waals surface area contributed by atoms with Crippen molar-refractivity contribution in [1.82, 2.24) is 0 Å². The van der Waals surface area contributed by atoms with Crippen LogP contribution in [0.2, 0.25) is 0 Å². The standard InChI is InChI=1S/C12H7BrF2/c13-11-5-4-9(7-12(11)15)8-2-1-3-10(14)6-8/h1-7H. The minimum Gasteiger partial charge on any atom is -0.207 e. The Labute approximate surface area is 94.7 Å². The molecule has 0 saturated heterocycles. The summed E-state index contributed by atoms with van der Waals surface area (Å²) in [5, 5.41) is 0. The molecule has 0 unspecified atom stereocenters. The van der Waals surface area contributed by atoms with Crippen molar-refractivity contribution in [2.75, 3.05) is 0 Å². The second-order valence-corrected chi connectivity index (χ2v) is 3.99. The fourth-order valence-electron chi connectivity index (χ4n) is 1.34. The molecule has 3 heteroatoms. The van der Waals surface area contributed by atoms with Gasteiger partial charge in [-0.15, -0.1) is 0 Å². The maximum absolute atomic E-state index is 13.2. The molecule has 2 aromatic rings. The third kappa shape index (κ3) is 2.23. The molecule has 0 saturated carbocycles. The maximum Gasteiger partial charge on any atom is 0.137 e. The lowest BCUT2D eigenvalue weighted by molar-refractivity contribution is 0.621. The summed E-state index contributed by atoms with van der Waals surface area (Å²) < 4.78 is 26.6. The van der Waals surface area contributed by atoms with Crippen molar-refractivity contribution in [3.63, 3.8) is 0 Å². The van der Waals surface area contributed by atoms with Crippen LogP contribution in [-0.2, 0) is 0 Å². The van der Waals surface area contributed by atoms with Gasteiger partial charge in [-0.05, 0) is 51.3 Å². The molecule has 0 N–H and O–H groups in total. The van der Waals surface area contributed by atoms with Gasteiger partial charge < -0.3 is 0 Å². The van der Waals surface area contributed by atoms with Crippen molar-refractivity contribution in [2.45, 2.75) is 0 Å². The molecule has 0 heterocycles. The molecule has 2 rings (SSSR count). The molecule has 0 amide bonds. The van der Waals surface area contributed by atoms with E-state index in [9.17, 15) is 8.78 Å². The summed E-state index contributed by atoms with van der Waals surface area (Å²) in [6.07, 6.45) is 0. The molecular weight excluding hydrogens is 262 g/mol. The van der Waals surface area contributed by atoms with Gasteiger partial charge in [0.15, 0.2) is 0 Å².